The molecular formula is C18H21N3O3. The molecule has 0 atom stereocenters. The first-order chi connectivity index (χ1) is 11.7. The van der Waals surface area contributed by atoms with Crippen molar-refractivity contribution in [3.63, 3.8) is 0 Å². The number of nitrogens with zero attached hydrogens (tertiary/aromatic N) is 1. The van der Waals surface area contributed by atoms with Crippen LogP contribution in [0.15, 0.2) is 36.5 Å². The van der Waals surface area contributed by atoms with Crippen molar-refractivity contribution in [1.82, 2.24) is 10.3 Å². The smallest absolute Gasteiger partial charge is 0.270 e. The van der Waals surface area contributed by atoms with Gasteiger partial charge < -0.3 is 20.1 Å². The fourth-order valence-electron chi connectivity index (χ4n) is 2.34. The first-order valence-corrected chi connectivity index (χ1v) is 7.91. The van der Waals surface area contributed by atoms with Crippen LogP contribution in [-0.2, 0) is 6.54 Å². The minimum atomic E-state index is -0.206. The van der Waals surface area contributed by atoms with Crippen molar-refractivity contribution in [3.8, 4) is 11.5 Å². The first kappa shape index (κ1) is 16.1. The number of anilines is 1. The molecule has 0 saturated heterocycles. The number of carbonyl (C=O) groups excluding carboxylic acids is 1. The van der Waals surface area contributed by atoms with Gasteiger partial charge in [0, 0.05) is 12.6 Å². The minimum Gasteiger partial charge on any atom is -0.493 e. The van der Waals surface area contributed by atoms with Crippen LogP contribution in [0.2, 0.25) is 0 Å². The summed E-state index contributed by atoms with van der Waals surface area (Å²) < 4.78 is 10.5. The molecule has 24 heavy (non-hydrogen) atoms. The molecule has 0 aliphatic heterocycles. The van der Waals surface area contributed by atoms with Crippen LogP contribution in [0.4, 0.5) is 5.69 Å². The molecule has 1 aliphatic carbocycles. The van der Waals surface area contributed by atoms with E-state index in [1.54, 1.807) is 26.5 Å². The molecule has 1 aromatic heterocycles. The highest BCUT2D eigenvalue weighted by atomic mass is 16.5. The summed E-state index contributed by atoms with van der Waals surface area (Å²) in [6, 6.07) is 9.73. The second-order valence-electron chi connectivity index (χ2n) is 5.72. The van der Waals surface area contributed by atoms with Crippen LogP contribution in [0, 0.1) is 0 Å². The third kappa shape index (κ3) is 3.95. The van der Waals surface area contributed by atoms with Crippen molar-refractivity contribution >= 4 is 11.6 Å². The van der Waals surface area contributed by atoms with Gasteiger partial charge in [-0.25, -0.2) is 4.98 Å². The molecule has 2 N–H and O–H groups in total. The van der Waals surface area contributed by atoms with Crippen molar-refractivity contribution in [2.24, 2.45) is 0 Å². The van der Waals surface area contributed by atoms with Gasteiger partial charge in [0.25, 0.3) is 5.91 Å². The number of amides is 1. The Morgan fingerprint density at radius 2 is 1.96 bits per heavy atom. The maximum Gasteiger partial charge on any atom is 0.270 e. The Bertz CT molecular complexity index is 712. The molecule has 1 amide bonds. The van der Waals surface area contributed by atoms with Crippen LogP contribution >= 0.6 is 0 Å². The average molecular weight is 327 g/mol. The highest BCUT2D eigenvalue weighted by Gasteiger charge is 2.20. The van der Waals surface area contributed by atoms with Crippen LogP contribution in [0.25, 0.3) is 0 Å². The number of benzene rings is 1. The second-order valence-corrected chi connectivity index (χ2v) is 5.72. The quantitative estimate of drug-likeness (QED) is 0.818. The topological polar surface area (TPSA) is 72.5 Å². The van der Waals surface area contributed by atoms with Gasteiger partial charge in [-0.2, -0.15) is 0 Å². The minimum absolute atomic E-state index is 0.206. The predicted molar refractivity (Wildman–Crippen MR) is 91.6 cm³/mol. The molecule has 126 valence electrons. The largest absolute Gasteiger partial charge is 0.493 e. The van der Waals surface area contributed by atoms with E-state index in [1.807, 2.05) is 24.3 Å². The van der Waals surface area contributed by atoms with E-state index in [2.05, 4.69) is 15.6 Å². The normalized spacial score (nSPS) is 13.2. The molecule has 1 aromatic carbocycles. The Kier molecular flexibility index (Phi) is 4.84. The lowest BCUT2D eigenvalue weighted by Gasteiger charge is -2.10. The number of carbonyl (C=O) groups is 1. The number of hydrogen-bond donors (Lipinski definition) is 2. The van der Waals surface area contributed by atoms with Crippen LogP contribution in [0.1, 0.15) is 28.9 Å². The van der Waals surface area contributed by atoms with Crippen molar-refractivity contribution in [1.29, 1.82) is 0 Å². The lowest BCUT2D eigenvalue weighted by atomic mass is 10.2. The lowest BCUT2D eigenvalue weighted by Crippen LogP contribution is -2.23. The number of hydrogen-bond acceptors (Lipinski definition) is 5. The number of aromatic nitrogens is 1. The Labute approximate surface area is 141 Å². The van der Waals surface area contributed by atoms with Crippen LogP contribution in [-0.4, -0.2) is 31.2 Å². The van der Waals surface area contributed by atoms with E-state index in [0.717, 1.165) is 11.3 Å². The van der Waals surface area contributed by atoms with E-state index in [0.29, 0.717) is 29.8 Å². The summed E-state index contributed by atoms with van der Waals surface area (Å²) >= 11 is 0. The molecule has 6 nitrogen and oxygen atoms in total. The van der Waals surface area contributed by atoms with Gasteiger partial charge in [0.1, 0.15) is 5.69 Å². The van der Waals surface area contributed by atoms with Gasteiger partial charge in [-0.05, 0) is 42.7 Å². The lowest BCUT2D eigenvalue weighted by molar-refractivity contribution is 0.0946. The van der Waals surface area contributed by atoms with Gasteiger partial charge in [0.15, 0.2) is 11.5 Å². The van der Waals surface area contributed by atoms with E-state index < -0.39 is 0 Å². The van der Waals surface area contributed by atoms with Gasteiger partial charge in [-0.1, -0.05) is 6.07 Å². The molecule has 0 radical (unpaired) electrons. The maximum absolute atomic E-state index is 12.2. The Hall–Kier alpha value is -2.76. The summed E-state index contributed by atoms with van der Waals surface area (Å²) in [5.74, 6) is 1.09. The number of pyridine rings is 1. The zero-order valence-corrected chi connectivity index (χ0v) is 13.8. The van der Waals surface area contributed by atoms with Crippen molar-refractivity contribution in [2.75, 3.05) is 19.5 Å². The zero-order chi connectivity index (χ0) is 16.9. The fourth-order valence-corrected chi connectivity index (χ4v) is 2.34. The molecule has 1 heterocycles. The Morgan fingerprint density at radius 3 is 2.58 bits per heavy atom. The number of nitrogens with one attached hydrogen (secondary N) is 2. The number of methoxy groups -OCH3 is 2. The van der Waals surface area contributed by atoms with Gasteiger partial charge in [-0.3, -0.25) is 4.79 Å². The van der Waals surface area contributed by atoms with E-state index in [4.69, 9.17) is 9.47 Å². The Morgan fingerprint density at radius 1 is 1.17 bits per heavy atom. The summed E-state index contributed by atoms with van der Waals surface area (Å²) in [6.07, 6.45) is 4.10. The van der Waals surface area contributed by atoms with Crippen molar-refractivity contribution in [2.45, 2.75) is 25.4 Å². The molecular weight excluding hydrogens is 306 g/mol. The molecule has 1 saturated carbocycles. The molecule has 2 aromatic rings. The summed E-state index contributed by atoms with van der Waals surface area (Å²) in [4.78, 5) is 16.4. The van der Waals surface area contributed by atoms with E-state index in [1.165, 1.54) is 12.8 Å². The monoisotopic (exact) mass is 327 g/mol. The maximum atomic E-state index is 12.2. The summed E-state index contributed by atoms with van der Waals surface area (Å²) in [5.41, 5.74) is 2.28. The predicted octanol–water partition coefficient (Wildman–Crippen LogP) is 2.60. The average Bonchev–Trinajstić information content (AvgIpc) is 3.44. The summed E-state index contributed by atoms with van der Waals surface area (Å²) in [5, 5.41) is 6.20. The number of ether oxygens (including phenoxy) is 2. The molecule has 3 rings (SSSR count). The van der Waals surface area contributed by atoms with Gasteiger partial charge in [0.05, 0.1) is 26.1 Å². The van der Waals surface area contributed by atoms with Gasteiger partial charge >= 0.3 is 0 Å². The van der Waals surface area contributed by atoms with Gasteiger partial charge in [0.2, 0.25) is 0 Å². The molecule has 0 bridgehead atoms. The molecule has 6 heteroatoms. The molecule has 0 spiro atoms. The van der Waals surface area contributed by atoms with E-state index >= 15 is 0 Å². The highest BCUT2D eigenvalue weighted by Crippen LogP contribution is 2.27. The highest BCUT2D eigenvalue weighted by molar-refractivity contribution is 5.92. The van der Waals surface area contributed by atoms with Gasteiger partial charge in [-0.15, -0.1) is 0 Å². The van der Waals surface area contributed by atoms with Crippen LogP contribution in [0.3, 0.4) is 0 Å². The molecule has 0 unspecified atom stereocenters. The van der Waals surface area contributed by atoms with Crippen LogP contribution in [0.5, 0.6) is 11.5 Å². The van der Waals surface area contributed by atoms with Crippen molar-refractivity contribution in [3.05, 3.63) is 47.8 Å². The molecule has 1 aliphatic rings. The molecule has 1 fully saturated rings. The third-order valence-corrected chi connectivity index (χ3v) is 3.85. The SMILES string of the molecule is COc1ccc(CNC(=O)c2ccc(NC3CC3)cn2)cc1OC. The zero-order valence-electron chi connectivity index (χ0n) is 13.8. The third-order valence-electron chi connectivity index (χ3n) is 3.85. The van der Waals surface area contributed by atoms with E-state index in [9.17, 15) is 4.79 Å². The fraction of sp³-hybridized carbons (Fsp3) is 0.333. The summed E-state index contributed by atoms with van der Waals surface area (Å²) in [6.45, 7) is 0.392. The Balaban J connectivity index is 1.58. The van der Waals surface area contributed by atoms with E-state index in [-0.39, 0.29) is 5.91 Å². The standard InChI is InChI=1S/C18H21N3O3/c1-23-16-8-3-12(9-17(16)24-2)10-20-18(22)15-7-6-14(11-19-15)21-13-4-5-13/h3,6-9,11,13,21H,4-5,10H2,1-2H3,(H,20,22). The van der Waals surface area contributed by atoms with Crippen LogP contribution < -0.4 is 20.1 Å². The number of rotatable bonds is 7. The first-order valence-electron chi connectivity index (χ1n) is 7.91. The van der Waals surface area contributed by atoms with Crippen molar-refractivity contribution < 1.29 is 14.3 Å². The second kappa shape index (κ2) is 7.21. The summed E-state index contributed by atoms with van der Waals surface area (Å²) in [7, 11) is 3.17.